The molecule has 0 aromatic heterocycles. The third-order valence-corrected chi connectivity index (χ3v) is 2.13. The molecule has 184 valence electrons. The Kier molecular flexibility index (Phi) is 33.1. The van der Waals surface area contributed by atoms with E-state index in [0.717, 1.165) is 0 Å². The molecule has 16 nitrogen and oxygen atoms in total. The third kappa shape index (κ3) is 73.1. The van der Waals surface area contributed by atoms with Crippen LogP contribution < -0.4 is 40.9 Å². The first kappa shape index (κ1) is 40.4. The molecule has 0 aliphatic rings. The zero-order valence-corrected chi connectivity index (χ0v) is 19.1. The second-order valence-electron chi connectivity index (χ2n) is 4.98. The van der Waals surface area contributed by atoms with Gasteiger partial charge < -0.3 is 79.2 Å². The molecule has 0 amide bonds. The van der Waals surface area contributed by atoms with Crippen LogP contribution in [0.3, 0.4) is 0 Å². The molecule has 0 saturated carbocycles. The Morgan fingerprint density at radius 2 is 0.333 bits per heavy atom. The Labute approximate surface area is 215 Å². The summed E-state index contributed by atoms with van der Waals surface area (Å²) in [6.07, 6.45) is -3.76. The number of aliphatic carboxylic acids is 8. The molecule has 0 fully saturated rings. The smallest absolute Gasteiger partial charge is 0.550 e. The minimum absolute atomic E-state index is 0. The van der Waals surface area contributed by atoms with Gasteiger partial charge in [0, 0.05) is 47.8 Å². The maximum atomic E-state index is 9.50. The van der Waals surface area contributed by atoms with Crippen molar-refractivity contribution in [3.8, 4) is 0 Å². The number of hydrogen-bond acceptors (Lipinski definition) is 16. The summed E-state index contributed by atoms with van der Waals surface area (Å²) in [4.78, 5) is 76.0. The van der Waals surface area contributed by atoms with E-state index in [2.05, 4.69) is 0 Å². The van der Waals surface area contributed by atoms with Crippen LogP contribution in [0.1, 0.15) is 51.4 Å². The normalized spacial score (nSPS) is 8.24. The van der Waals surface area contributed by atoms with E-state index in [1.165, 1.54) is 0 Å². The van der Waals surface area contributed by atoms with Crippen LogP contribution in [-0.4, -0.2) is 85.5 Å². The van der Waals surface area contributed by atoms with Gasteiger partial charge in [-0.1, -0.05) is 0 Å². The van der Waals surface area contributed by atoms with Crippen molar-refractivity contribution >= 4 is 85.5 Å². The molecule has 0 N–H and O–H groups in total. The number of hydrogen-bond donors (Lipinski definition) is 0. The van der Waals surface area contributed by atoms with Crippen molar-refractivity contribution in [1.29, 1.82) is 0 Å². The summed E-state index contributed by atoms with van der Waals surface area (Å²) in [5.74, 6) is -10.9. The van der Waals surface area contributed by atoms with Crippen LogP contribution in [0.15, 0.2) is 0 Å². The van der Waals surface area contributed by atoms with E-state index in [1.807, 2.05) is 0 Å². The fourth-order valence-corrected chi connectivity index (χ4v) is 0.816. The molecule has 0 aliphatic heterocycles. The predicted molar refractivity (Wildman–Crippen MR) is 82.7 cm³/mol. The van der Waals surface area contributed by atoms with Crippen LogP contribution in [-0.2, 0) is 38.4 Å². The van der Waals surface area contributed by atoms with Crippen molar-refractivity contribution in [2.45, 2.75) is 51.4 Å². The largest absolute Gasteiger partial charge is 2.00 e. The molecule has 0 atom stereocenters. The fourth-order valence-electron chi connectivity index (χ4n) is 0.816. The van der Waals surface area contributed by atoms with Crippen molar-refractivity contribution in [1.82, 2.24) is 0 Å². The van der Waals surface area contributed by atoms with Gasteiger partial charge in [-0.2, -0.15) is 0 Å². The van der Waals surface area contributed by atoms with Crippen LogP contribution in [0.4, 0.5) is 0 Å². The number of carbonyl (C=O) groups excluding carboxylic acids is 8. The number of carboxylic acid groups (broad SMARTS) is 8. The molecule has 0 saturated heterocycles. The molecule has 0 unspecified atom stereocenters. The fraction of sp³-hybridized carbons (Fsp3) is 0.500. The average Bonchev–Trinajstić information content (AvgIpc) is 2.63. The first-order chi connectivity index (χ1) is 14.5. The zero-order valence-electron chi connectivity index (χ0n) is 16.9. The van der Waals surface area contributed by atoms with Gasteiger partial charge in [-0.3, -0.25) is 0 Å². The third-order valence-electron chi connectivity index (χ3n) is 2.13. The number of carboxylic acids is 8. The van der Waals surface area contributed by atoms with E-state index in [4.69, 9.17) is 0 Å². The van der Waals surface area contributed by atoms with E-state index in [1.54, 1.807) is 0 Å². The van der Waals surface area contributed by atoms with E-state index in [9.17, 15) is 79.2 Å². The average molecular weight is 504 g/mol. The molecule has 33 heavy (non-hydrogen) atoms. The van der Waals surface area contributed by atoms with Crippen LogP contribution in [0.2, 0.25) is 0 Å². The van der Waals surface area contributed by atoms with Crippen molar-refractivity contribution in [2.24, 2.45) is 0 Å². The molecular weight excluding hydrogens is 488 g/mol. The summed E-state index contributed by atoms with van der Waals surface area (Å²) in [6.45, 7) is 0. The van der Waals surface area contributed by atoms with Crippen LogP contribution in [0, 0.1) is 0 Å². The Morgan fingerprint density at radius 1 is 0.273 bits per heavy atom. The molecule has 0 aliphatic carbocycles. The Morgan fingerprint density at radius 3 is 0.364 bits per heavy atom. The zero-order chi connectivity index (χ0) is 26.3. The van der Waals surface area contributed by atoms with Gasteiger partial charge in [0.1, 0.15) is 0 Å². The summed E-state index contributed by atoms with van der Waals surface area (Å²) in [6, 6.07) is 0. The maximum Gasteiger partial charge on any atom is 2.00 e. The van der Waals surface area contributed by atoms with E-state index < -0.39 is 99.1 Å². The predicted octanol–water partition coefficient (Wildman–Crippen LogP) is -11.3. The molecular formula is C16H16CaO16-6. The molecule has 0 aromatic rings. The van der Waals surface area contributed by atoms with Gasteiger partial charge in [-0.25, -0.2) is 0 Å². The van der Waals surface area contributed by atoms with Gasteiger partial charge in [0.2, 0.25) is 0 Å². The van der Waals surface area contributed by atoms with Gasteiger partial charge in [0.25, 0.3) is 0 Å². The Bertz CT molecular complexity index is 489. The molecule has 0 rings (SSSR count). The van der Waals surface area contributed by atoms with Crippen LogP contribution in [0.25, 0.3) is 0 Å². The first-order valence-corrected chi connectivity index (χ1v) is 8.09. The van der Waals surface area contributed by atoms with Crippen LogP contribution in [0.5, 0.6) is 0 Å². The summed E-state index contributed by atoms with van der Waals surface area (Å²) in [5.41, 5.74) is 0. The van der Waals surface area contributed by atoms with Crippen LogP contribution >= 0.6 is 0 Å². The van der Waals surface area contributed by atoms with Gasteiger partial charge >= 0.3 is 37.7 Å². The topological polar surface area (TPSA) is 321 Å². The van der Waals surface area contributed by atoms with Crippen molar-refractivity contribution in [3.63, 3.8) is 0 Å². The minimum Gasteiger partial charge on any atom is -0.550 e. The SMILES string of the molecule is O=C([O-])CCC(=O)[O-].O=C([O-])CCC(=O)[O-].O=C([O-])CCC(=O)[O-].O=C([O-])CCC(=O)[O-].[Ca+2]. The quantitative estimate of drug-likeness (QED) is 0.222. The molecule has 0 radical (unpaired) electrons. The Hall–Kier alpha value is -2.98. The summed E-state index contributed by atoms with van der Waals surface area (Å²) in [7, 11) is 0. The number of rotatable bonds is 12. The van der Waals surface area contributed by atoms with Crippen molar-refractivity contribution in [2.75, 3.05) is 0 Å². The van der Waals surface area contributed by atoms with Gasteiger partial charge in [-0.05, 0) is 51.4 Å². The van der Waals surface area contributed by atoms with Crippen molar-refractivity contribution < 1.29 is 79.2 Å². The van der Waals surface area contributed by atoms with Gasteiger partial charge in [0.05, 0.1) is 0 Å². The van der Waals surface area contributed by atoms with Gasteiger partial charge in [0.15, 0.2) is 0 Å². The molecule has 0 spiro atoms. The summed E-state index contributed by atoms with van der Waals surface area (Å²) in [5, 5.41) is 76.0. The molecule has 17 heteroatoms. The molecule has 0 aromatic carbocycles. The van der Waals surface area contributed by atoms with E-state index >= 15 is 0 Å². The monoisotopic (exact) mass is 504 g/mol. The van der Waals surface area contributed by atoms with Gasteiger partial charge in [-0.15, -0.1) is 0 Å². The number of carbonyl (C=O) groups is 8. The maximum absolute atomic E-state index is 9.50. The second-order valence-corrected chi connectivity index (χ2v) is 4.98. The standard InChI is InChI=1S/4C4H6O4.Ca/c4*5-3(6)1-2-4(7)8;/h4*1-2H2,(H,5,6)(H,7,8);/q;;;;+2/p-8. The minimum atomic E-state index is -1.37. The molecule has 0 heterocycles. The first-order valence-electron chi connectivity index (χ1n) is 8.09. The van der Waals surface area contributed by atoms with E-state index in [-0.39, 0.29) is 37.7 Å². The molecule has 0 bridgehead atoms. The Balaban J connectivity index is -0.000000105. The van der Waals surface area contributed by atoms with Crippen molar-refractivity contribution in [3.05, 3.63) is 0 Å². The second kappa shape index (κ2) is 27.1. The van der Waals surface area contributed by atoms with E-state index in [0.29, 0.717) is 0 Å². The summed E-state index contributed by atoms with van der Waals surface area (Å²) < 4.78 is 0. The summed E-state index contributed by atoms with van der Waals surface area (Å²) >= 11 is 0.